The van der Waals surface area contributed by atoms with Crippen LogP contribution >= 0.6 is 0 Å². The van der Waals surface area contributed by atoms with E-state index >= 15 is 0 Å². The van der Waals surface area contributed by atoms with Gasteiger partial charge in [0.15, 0.2) is 0 Å². The maximum absolute atomic E-state index is 5.35. The Bertz CT molecular complexity index is 397. The number of hydrogen-bond acceptors (Lipinski definition) is 3. The Morgan fingerprint density at radius 2 is 2.29 bits per heavy atom. The van der Waals surface area contributed by atoms with Crippen LogP contribution in [0.15, 0.2) is 6.20 Å². The number of aromatic nitrogens is 2. The Kier molecular flexibility index (Phi) is 2.92. The van der Waals surface area contributed by atoms with Crippen molar-refractivity contribution in [2.45, 2.75) is 25.3 Å². The van der Waals surface area contributed by atoms with Gasteiger partial charge < -0.3 is 4.74 Å². The Hall–Kier alpha value is -0.870. The normalized spacial score (nSPS) is 24.9. The van der Waals surface area contributed by atoms with Crippen molar-refractivity contribution < 1.29 is 4.74 Å². The van der Waals surface area contributed by atoms with Crippen molar-refractivity contribution in [2.75, 3.05) is 26.8 Å². The topological polar surface area (TPSA) is 30.3 Å². The molecule has 1 aromatic rings. The van der Waals surface area contributed by atoms with Gasteiger partial charge in [0.25, 0.3) is 0 Å². The van der Waals surface area contributed by atoms with E-state index in [1.807, 2.05) is 11.7 Å². The molecule has 1 aliphatic heterocycles. The zero-order chi connectivity index (χ0) is 11.8. The van der Waals surface area contributed by atoms with Gasteiger partial charge >= 0.3 is 0 Å². The van der Waals surface area contributed by atoms with Gasteiger partial charge in [-0.1, -0.05) is 0 Å². The van der Waals surface area contributed by atoms with Gasteiger partial charge in [0, 0.05) is 51.5 Å². The molecule has 2 aliphatic rings. The monoisotopic (exact) mass is 235 g/mol. The highest BCUT2D eigenvalue weighted by atomic mass is 16.5. The summed E-state index contributed by atoms with van der Waals surface area (Å²) in [6, 6.07) is 0. The fourth-order valence-corrected chi connectivity index (χ4v) is 2.85. The van der Waals surface area contributed by atoms with Gasteiger partial charge in [-0.15, -0.1) is 0 Å². The molecule has 4 nitrogen and oxygen atoms in total. The lowest BCUT2D eigenvalue weighted by Crippen LogP contribution is -2.36. The molecule has 0 bridgehead atoms. The van der Waals surface area contributed by atoms with Crippen LogP contribution in [0, 0.1) is 5.92 Å². The quantitative estimate of drug-likeness (QED) is 0.789. The summed E-state index contributed by atoms with van der Waals surface area (Å²) < 4.78 is 7.29. The second-order valence-electron chi connectivity index (χ2n) is 5.49. The first-order valence-corrected chi connectivity index (χ1v) is 6.50. The average Bonchev–Trinajstić information content (AvgIpc) is 2.99. The molecule has 17 heavy (non-hydrogen) atoms. The number of aryl methyl sites for hydroxylation is 1. The predicted octanol–water partition coefficient (Wildman–Crippen LogP) is 1.38. The van der Waals surface area contributed by atoms with Gasteiger partial charge in [0.05, 0.1) is 12.3 Å². The highest BCUT2D eigenvalue weighted by Crippen LogP contribution is 2.33. The highest BCUT2D eigenvalue weighted by Gasteiger charge is 2.31. The molecule has 1 aliphatic carbocycles. The Labute approximate surface area is 103 Å². The standard InChI is InChI=1S/C13H21N3O/c1-15-7-12-11(9-17-2)6-16(5-10-3-4-10)8-13(12)14-15/h7,10-11H,3-6,8-9H2,1-2H3/t11-/m0/s1. The molecule has 0 amide bonds. The molecule has 0 aromatic carbocycles. The molecule has 0 spiro atoms. The smallest absolute Gasteiger partial charge is 0.0800 e. The van der Waals surface area contributed by atoms with Crippen molar-refractivity contribution in [1.29, 1.82) is 0 Å². The number of ether oxygens (including phenoxy) is 1. The third-order valence-electron chi connectivity index (χ3n) is 3.81. The van der Waals surface area contributed by atoms with E-state index in [0.717, 1.165) is 25.6 Å². The number of fused-ring (bicyclic) bond motifs is 1. The Morgan fingerprint density at radius 1 is 1.47 bits per heavy atom. The van der Waals surface area contributed by atoms with E-state index < -0.39 is 0 Å². The molecule has 2 heterocycles. The van der Waals surface area contributed by atoms with Gasteiger partial charge in [0.2, 0.25) is 0 Å². The van der Waals surface area contributed by atoms with E-state index in [1.165, 1.54) is 30.6 Å². The van der Waals surface area contributed by atoms with Crippen LogP contribution in [0.5, 0.6) is 0 Å². The maximum atomic E-state index is 5.35. The third kappa shape index (κ3) is 2.38. The molecular formula is C13H21N3O. The van der Waals surface area contributed by atoms with E-state index in [-0.39, 0.29) is 0 Å². The largest absolute Gasteiger partial charge is 0.384 e. The molecule has 1 fully saturated rings. The number of nitrogens with zero attached hydrogens (tertiary/aromatic N) is 3. The first-order valence-electron chi connectivity index (χ1n) is 6.50. The summed E-state index contributed by atoms with van der Waals surface area (Å²) in [6.07, 6.45) is 4.99. The summed E-state index contributed by atoms with van der Waals surface area (Å²) >= 11 is 0. The average molecular weight is 235 g/mol. The second kappa shape index (κ2) is 4.42. The minimum absolute atomic E-state index is 0.496. The lowest BCUT2D eigenvalue weighted by molar-refractivity contribution is 0.136. The maximum Gasteiger partial charge on any atom is 0.0800 e. The first kappa shape index (κ1) is 11.2. The number of hydrogen-bond donors (Lipinski definition) is 0. The second-order valence-corrected chi connectivity index (χ2v) is 5.49. The van der Waals surface area contributed by atoms with Crippen molar-refractivity contribution in [1.82, 2.24) is 14.7 Å². The lowest BCUT2D eigenvalue weighted by Gasteiger charge is -2.31. The third-order valence-corrected chi connectivity index (χ3v) is 3.81. The first-order chi connectivity index (χ1) is 8.26. The van der Waals surface area contributed by atoms with Gasteiger partial charge in [-0.25, -0.2) is 0 Å². The van der Waals surface area contributed by atoms with Crippen LogP contribution in [-0.4, -0.2) is 41.5 Å². The molecule has 0 unspecified atom stereocenters. The van der Waals surface area contributed by atoms with Gasteiger partial charge in [-0.05, 0) is 18.8 Å². The van der Waals surface area contributed by atoms with Crippen molar-refractivity contribution >= 4 is 0 Å². The molecule has 1 saturated carbocycles. The SMILES string of the molecule is COC[C@@H]1CN(CC2CC2)Cc2nn(C)cc21. The summed E-state index contributed by atoms with van der Waals surface area (Å²) in [6.45, 7) is 4.20. The number of methoxy groups -OCH3 is 1. The van der Waals surface area contributed by atoms with E-state index in [4.69, 9.17) is 4.74 Å². The molecule has 4 heteroatoms. The highest BCUT2D eigenvalue weighted by molar-refractivity contribution is 5.25. The Morgan fingerprint density at radius 3 is 3.00 bits per heavy atom. The molecule has 0 radical (unpaired) electrons. The predicted molar refractivity (Wildman–Crippen MR) is 65.8 cm³/mol. The fraction of sp³-hybridized carbons (Fsp3) is 0.769. The van der Waals surface area contributed by atoms with Gasteiger partial charge in [0.1, 0.15) is 0 Å². The van der Waals surface area contributed by atoms with Crippen molar-refractivity contribution in [3.05, 3.63) is 17.5 Å². The molecule has 3 rings (SSSR count). The molecule has 94 valence electrons. The zero-order valence-corrected chi connectivity index (χ0v) is 10.7. The van der Waals surface area contributed by atoms with Crippen LogP contribution < -0.4 is 0 Å². The van der Waals surface area contributed by atoms with Crippen molar-refractivity contribution in [2.24, 2.45) is 13.0 Å². The molecular weight excluding hydrogens is 214 g/mol. The van der Waals surface area contributed by atoms with E-state index in [1.54, 1.807) is 7.11 Å². The molecule has 1 atom stereocenters. The van der Waals surface area contributed by atoms with Crippen molar-refractivity contribution in [3.63, 3.8) is 0 Å². The molecule has 0 saturated heterocycles. The van der Waals surface area contributed by atoms with Crippen LogP contribution in [0.25, 0.3) is 0 Å². The molecule has 1 aromatic heterocycles. The van der Waals surface area contributed by atoms with Gasteiger partial charge in [-0.3, -0.25) is 9.58 Å². The van der Waals surface area contributed by atoms with E-state index in [2.05, 4.69) is 16.2 Å². The van der Waals surface area contributed by atoms with Crippen LogP contribution in [-0.2, 0) is 18.3 Å². The van der Waals surface area contributed by atoms with Gasteiger partial charge in [-0.2, -0.15) is 5.10 Å². The summed E-state index contributed by atoms with van der Waals surface area (Å²) in [5, 5.41) is 4.58. The minimum atomic E-state index is 0.496. The zero-order valence-electron chi connectivity index (χ0n) is 10.7. The molecule has 0 N–H and O–H groups in total. The van der Waals surface area contributed by atoms with Crippen LogP contribution in [0.3, 0.4) is 0 Å². The summed E-state index contributed by atoms with van der Waals surface area (Å²) in [4.78, 5) is 2.55. The summed E-state index contributed by atoms with van der Waals surface area (Å²) in [7, 11) is 3.79. The van der Waals surface area contributed by atoms with E-state index in [9.17, 15) is 0 Å². The fourth-order valence-electron chi connectivity index (χ4n) is 2.85. The Balaban J connectivity index is 1.77. The summed E-state index contributed by atoms with van der Waals surface area (Å²) in [5.41, 5.74) is 2.64. The van der Waals surface area contributed by atoms with E-state index in [0.29, 0.717) is 5.92 Å². The minimum Gasteiger partial charge on any atom is -0.384 e. The van der Waals surface area contributed by atoms with Crippen molar-refractivity contribution in [3.8, 4) is 0 Å². The van der Waals surface area contributed by atoms with Crippen LogP contribution in [0.4, 0.5) is 0 Å². The van der Waals surface area contributed by atoms with Crippen LogP contribution in [0.1, 0.15) is 30.0 Å². The summed E-state index contributed by atoms with van der Waals surface area (Å²) in [5.74, 6) is 1.44. The number of rotatable bonds is 4. The van der Waals surface area contributed by atoms with Crippen LogP contribution in [0.2, 0.25) is 0 Å². The lowest BCUT2D eigenvalue weighted by atomic mass is 9.95.